The predicted molar refractivity (Wildman–Crippen MR) is 84.3 cm³/mol. The zero-order valence-corrected chi connectivity index (χ0v) is 12.7. The Labute approximate surface area is 135 Å². The van der Waals surface area contributed by atoms with Gasteiger partial charge in [0.2, 0.25) is 0 Å². The van der Waals surface area contributed by atoms with Crippen molar-refractivity contribution < 1.29 is 14.3 Å². The van der Waals surface area contributed by atoms with Crippen LogP contribution in [0, 0.1) is 0 Å². The second-order valence-electron chi connectivity index (χ2n) is 4.37. The number of fused-ring (bicyclic) bond motifs is 1. The molecule has 2 aromatic carbocycles. The number of carbonyl (C=O) groups is 1. The van der Waals surface area contributed by atoms with Gasteiger partial charge in [0.15, 0.2) is 5.58 Å². The molecule has 3 aromatic rings. The second-order valence-corrected chi connectivity index (χ2v) is 5.77. The van der Waals surface area contributed by atoms with Crippen LogP contribution in [0.4, 0.5) is 0 Å². The third-order valence-electron chi connectivity index (χ3n) is 2.86. The predicted octanol–water partition coefficient (Wildman–Crippen LogP) is 3.36. The van der Waals surface area contributed by atoms with Crippen molar-refractivity contribution in [2.24, 2.45) is 0 Å². The number of thioether (sulfide) groups is 1. The number of aromatic nitrogens is 1. The number of carboxylic acid groups (broad SMARTS) is 1. The molecule has 22 heavy (non-hydrogen) atoms. The van der Waals surface area contributed by atoms with Gasteiger partial charge < -0.3 is 14.3 Å². The maximum atomic E-state index is 11.3. The van der Waals surface area contributed by atoms with Crippen LogP contribution in [0.2, 0.25) is 5.02 Å². The van der Waals surface area contributed by atoms with E-state index < -0.39 is 5.97 Å². The highest BCUT2D eigenvalue weighted by molar-refractivity contribution is 8.03. The molecule has 1 heterocycles. The van der Waals surface area contributed by atoms with Crippen molar-refractivity contribution >= 4 is 46.5 Å². The number of carbonyl (C=O) groups excluding carboxylic acids is 1. The summed E-state index contributed by atoms with van der Waals surface area (Å²) in [5, 5.41) is 12.0. The molecule has 0 aliphatic carbocycles. The van der Waals surface area contributed by atoms with Gasteiger partial charge in [0.25, 0.3) is 5.22 Å². The summed E-state index contributed by atoms with van der Waals surface area (Å²) < 4.78 is 5.50. The number of oxazole rings is 1. The normalized spacial score (nSPS) is 11.8. The van der Waals surface area contributed by atoms with Crippen LogP contribution in [0.5, 0.6) is 0 Å². The SMILES string of the molecule is O=C([O-])/C(=C\c1ccccc1Cl)Sc1nc2ccccc2o1. The molecule has 0 fully saturated rings. The van der Waals surface area contributed by atoms with Crippen molar-refractivity contribution in [1.29, 1.82) is 0 Å². The number of rotatable bonds is 4. The van der Waals surface area contributed by atoms with Crippen molar-refractivity contribution in [3.05, 3.63) is 64.0 Å². The number of benzene rings is 2. The maximum absolute atomic E-state index is 11.3. The Morgan fingerprint density at radius 1 is 1.18 bits per heavy atom. The first-order valence-corrected chi connectivity index (χ1v) is 7.54. The summed E-state index contributed by atoms with van der Waals surface area (Å²) in [5.74, 6) is -1.31. The molecule has 0 spiro atoms. The minimum absolute atomic E-state index is 0.0281. The maximum Gasteiger partial charge on any atom is 0.261 e. The molecule has 3 rings (SSSR count). The van der Waals surface area contributed by atoms with Gasteiger partial charge in [-0.15, -0.1) is 0 Å². The van der Waals surface area contributed by atoms with E-state index in [2.05, 4.69) is 4.98 Å². The molecule has 1 aromatic heterocycles. The van der Waals surface area contributed by atoms with Crippen molar-refractivity contribution in [1.82, 2.24) is 4.98 Å². The standard InChI is InChI=1S/C16H10ClNO3S/c17-11-6-2-1-5-10(11)9-14(15(19)20)22-16-18-12-7-3-4-8-13(12)21-16/h1-9H,(H,19,20)/p-1/b14-9+. The first-order chi connectivity index (χ1) is 10.6. The fraction of sp³-hybridized carbons (Fsp3) is 0. The Hall–Kier alpha value is -2.24. The summed E-state index contributed by atoms with van der Waals surface area (Å²) in [5.41, 5.74) is 1.85. The molecule has 0 atom stereocenters. The number of nitrogens with zero attached hydrogens (tertiary/aromatic N) is 1. The first kappa shape index (κ1) is 14.7. The topological polar surface area (TPSA) is 66.2 Å². The van der Waals surface area contributed by atoms with Crippen LogP contribution in [-0.2, 0) is 4.79 Å². The monoisotopic (exact) mass is 330 g/mol. The molecule has 6 heteroatoms. The summed E-state index contributed by atoms with van der Waals surface area (Å²) in [7, 11) is 0. The van der Waals surface area contributed by atoms with Crippen LogP contribution in [0.3, 0.4) is 0 Å². The molecule has 110 valence electrons. The van der Waals surface area contributed by atoms with Crippen LogP contribution in [0.25, 0.3) is 17.2 Å². The second kappa shape index (κ2) is 6.25. The van der Waals surface area contributed by atoms with Gasteiger partial charge in [0.1, 0.15) is 5.52 Å². The average molecular weight is 331 g/mol. The smallest absolute Gasteiger partial charge is 0.261 e. The van der Waals surface area contributed by atoms with Gasteiger partial charge in [-0.25, -0.2) is 4.98 Å². The van der Waals surface area contributed by atoms with Gasteiger partial charge in [-0.2, -0.15) is 0 Å². The third-order valence-corrected chi connectivity index (χ3v) is 4.06. The first-order valence-electron chi connectivity index (χ1n) is 6.34. The molecular formula is C16H9ClNO3S-. The number of hydrogen-bond donors (Lipinski definition) is 0. The molecule has 0 saturated heterocycles. The number of hydrogen-bond acceptors (Lipinski definition) is 5. The van der Waals surface area contributed by atoms with E-state index in [1.165, 1.54) is 6.08 Å². The van der Waals surface area contributed by atoms with Crippen molar-refractivity contribution in [3.63, 3.8) is 0 Å². The Morgan fingerprint density at radius 2 is 1.91 bits per heavy atom. The molecular weight excluding hydrogens is 322 g/mol. The lowest BCUT2D eigenvalue weighted by molar-refractivity contribution is -0.298. The lowest BCUT2D eigenvalue weighted by atomic mass is 10.2. The molecule has 0 bridgehead atoms. The highest BCUT2D eigenvalue weighted by Crippen LogP contribution is 2.31. The zero-order valence-electron chi connectivity index (χ0n) is 11.2. The van der Waals surface area contributed by atoms with E-state index in [1.54, 1.807) is 36.4 Å². The van der Waals surface area contributed by atoms with E-state index in [0.29, 0.717) is 21.7 Å². The van der Waals surface area contributed by atoms with Crippen LogP contribution in [-0.4, -0.2) is 11.0 Å². The lowest BCUT2D eigenvalue weighted by Crippen LogP contribution is -2.23. The van der Waals surface area contributed by atoms with Crippen LogP contribution in [0.15, 0.2) is 63.1 Å². The van der Waals surface area contributed by atoms with E-state index in [-0.39, 0.29) is 10.1 Å². The van der Waals surface area contributed by atoms with Crippen LogP contribution >= 0.6 is 23.4 Å². The van der Waals surface area contributed by atoms with Gasteiger partial charge in [-0.1, -0.05) is 41.9 Å². The van der Waals surface area contributed by atoms with E-state index in [9.17, 15) is 9.90 Å². The Morgan fingerprint density at radius 3 is 2.64 bits per heavy atom. The molecule has 0 unspecified atom stereocenters. The quantitative estimate of drug-likeness (QED) is 0.542. The van der Waals surface area contributed by atoms with Crippen LogP contribution in [0.1, 0.15) is 5.56 Å². The van der Waals surface area contributed by atoms with Crippen molar-refractivity contribution in [2.45, 2.75) is 5.22 Å². The largest absolute Gasteiger partial charge is 0.544 e. The van der Waals surface area contributed by atoms with Gasteiger partial charge in [0, 0.05) is 9.93 Å². The van der Waals surface area contributed by atoms with Gasteiger partial charge >= 0.3 is 0 Å². The Bertz CT molecular complexity index is 839. The van der Waals surface area contributed by atoms with Gasteiger partial charge in [-0.05, 0) is 41.6 Å². The highest BCUT2D eigenvalue weighted by atomic mass is 35.5. The zero-order chi connectivity index (χ0) is 15.5. The van der Waals surface area contributed by atoms with Crippen molar-refractivity contribution in [2.75, 3.05) is 0 Å². The summed E-state index contributed by atoms with van der Waals surface area (Å²) in [4.78, 5) is 15.5. The summed E-state index contributed by atoms with van der Waals surface area (Å²) in [6.45, 7) is 0. The third kappa shape index (κ3) is 3.16. The average Bonchev–Trinajstić information content (AvgIpc) is 2.91. The summed E-state index contributed by atoms with van der Waals surface area (Å²) in [6, 6.07) is 14.2. The Kier molecular flexibility index (Phi) is 4.18. The minimum atomic E-state index is -1.31. The van der Waals surface area contributed by atoms with E-state index >= 15 is 0 Å². The van der Waals surface area contributed by atoms with Gasteiger partial charge in [-0.3, -0.25) is 0 Å². The minimum Gasteiger partial charge on any atom is -0.544 e. The molecule has 4 nitrogen and oxygen atoms in total. The van der Waals surface area contributed by atoms with E-state index in [0.717, 1.165) is 11.8 Å². The summed E-state index contributed by atoms with van der Waals surface area (Å²) in [6.07, 6.45) is 1.44. The number of halogens is 1. The number of aliphatic carboxylic acids is 1. The summed E-state index contributed by atoms with van der Waals surface area (Å²) >= 11 is 6.92. The number of para-hydroxylation sites is 2. The highest BCUT2D eigenvalue weighted by Gasteiger charge is 2.10. The fourth-order valence-electron chi connectivity index (χ4n) is 1.85. The van der Waals surface area contributed by atoms with Gasteiger partial charge in [0.05, 0.1) is 5.97 Å². The molecule has 0 saturated carbocycles. The molecule has 0 N–H and O–H groups in total. The van der Waals surface area contributed by atoms with E-state index in [1.807, 2.05) is 12.1 Å². The lowest BCUT2D eigenvalue weighted by Gasteiger charge is -2.06. The molecule has 0 aliphatic rings. The van der Waals surface area contributed by atoms with Crippen LogP contribution < -0.4 is 5.11 Å². The Balaban J connectivity index is 1.95. The number of carboxylic acids is 1. The fourth-order valence-corrected chi connectivity index (χ4v) is 2.78. The molecule has 0 amide bonds. The van der Waals surface area contributed by atoms with E-state index in [4.69, 9.17) is 16.0 Å². The molecule has 0 aliphatic heterocycles. The molecule has 0 radical (unpaired) electrons. The van der Waals surface area contributed by atoms with Crippen molar-refractivity contribution in [3.8, 4) is 0 Å².